The van der Waals surface area contributed by atoms with Crippen LogP contribution in [0.15, 0.2) is 0 Å². The third kappa shape index (κ3) is 4.60. The molecule has 1 saturated heterocycles. The van der Waals surface area contributed by atoms with E-state index in [0.717, 1.165) is 32.4 Å². The van der Waals surface area contributed by atoms with Gasteiger partial charge < -0.3 is 15.4 Å². The van der Waals surface area contributed by atoms with E-state index in [-0.39, 0.29) is 6.09 Å². The summed E-state index contributed by atoms with van der Waals surface area (Å²) in [6.45, 7) is 7.42. The van der Waals surface area contributed by atoms with Crippen molar-refractivity contribution < 1.29 is 9.53 Å². The molecule has 0 bridgehead atoms. The maximum absolute atomic E-state index is 12.5. The number of nitrogens with zero attached hydrogens (tertiary/aromatic N) is 1. The predicted molar refractivity (Wildman–Crippen MR) is 85.1 cm³/mol. The number of amides is 1. The minimum atomic E-state index is -0.411. The van der Waals surface area contributed by atoms with Crippen molar-refractivity contribution in [3.05, 3.63) is 0 Å². The van der Waals surface area contributed by atoms with Gasteiger partial charge in [-0.05, 0) is 71.3 Å². The van der Waals surface area contributed by atoms with E-state index < -0.39 is 5.60 Å². The number of ether oxygens (including phenoxy) is 1. The molecule has 4 heteroatoms. The fourth-order valence-electron chi connectivity index (χ4n) is 3.91. The molecule has 1 saturated carbocycles. The molecule has 1 aliphatic carbocycles. The molecule has 1 heterocycles. The number of piperidine rings is 1. The van der Waals surface area contributed by atoms with Gasteiger partial charge in [0.25, 0.3) is 0 Å². The Morgan fingerprint density at radius 2 is 1.90 bits per heavy atom. The molecule has 1 amide bonds. The van der Waals surface area contributed by atoms with Gasteiger partial charge in [-0.1, -0.05) is 12.8 Å². The van der Waals surface area contributed by atoms with E-state index in [1.807, 2.05) is 25.7 Å². The molecular weight excluding hydrogens is 264 g/mol. The molecule has 2 unspecified atom stereocenters. The van der Waals surface area contributed by atoms with Gasteiger partial charge in [0, 0.05) is 12.6 Å². The van der Waals surface area contributed by atoms with Crippen LogP contribution < -0.4 is 5.73 Å². The Morgan fingerprint density at radius 3 is 2.48 bits per heavy atom. The second kappa shape index (κ2) is 6.99. The molecule has 2 atom stereocenters. The van der Waals surface area contributed by atoms with Crippen molar-refractivity contribution >= 4 is 6.09 Å². The quantitative estimate of drug-likeness (QED) is 0.866. The van der Waals surface area contributed by atoms with Crippen LogP contribution in [-0.2, 0) is 4.74 Å². The summed E-state index contributed by atoms with van der Waals surface area (Å²) in [5.41, 5.74) is 5.32. The number of likely N-dealkylation sites (tertiary alicyclic amines) is 1. The van der Waals surface area contributed by atoms with Gasteiger partial charge in [0.05, 0.1) is 0 Å². The minimum Gasteiger partial charge on any atom is -0.444 e. The monoisotopic (exact) mass is 296 g/mol. The van der Waals surface area contributed by atoms with Gasteiger partial charge in [-0.2, -0.15) is 0 Å². The average Bonchev–Trinajstić information content (AvgIpc) is 2.90. The number of hydrogen-bond donors (Lipinski definition) is 1. The van der Waals surface area contributed by atoms with Gasteiger partial charge in [0.2, 0.25) is 0 Å². The summed E-state index contributed by atoms with van der Waals surface area (Å²) in [6.07, 6.45) is 8.30. The van der Waals surface area contributed by atoms with Crippen molar-refractivity contribution in [1.29, 1.82) is 0 Å². The van der Waals surface area contributed by atoms with E-state index in [2.05, 4.69) is 0 Å². The lowest BCUT2D eigenvalue weighted by atomic mass is 9.82. The molecule has 0 spiro atoms. The zero-order valence-electron chi connectivity index (χ0n) is 13.9. The standard InChI is InChI=1S/C17H32N2O2/c1-17(2,3)21-16(20)19-11-9-13(8-10-18)12-15(19)14-6-4-5-7-14/h13-15H,4-12,18H2,1-3H3. The molecular formula is C17H32N2O2. The van der Waals surface area contributed by atoms with Crippen LogP contribution in [0.1, 0.15) is 65.7 Å². The van der Waals surface area contributed by atoms with Crippen LogP contribution in [0, 0.1) is 11.8 Å². The Kier molecular flexibility index (Phi) is 5.53. The molecule has 122 valence electrons. The van der Waals surface area contributed by atoms with E-state index in [9.17, 15) is 4.79 Å². The maximum atomic E-state index is 12.5. The van der Waals surface area contributed by atoms with Crippen molar-refractivity contribution in [2.45, 2.75) is 77.4 Å². The number of rotatable bonds is 3. The molecule has 0 aromatic carbocycles. The summed E-state index contributed by atoms with van der Waals surface area (Å²) in [6, 6.07) is 0.368. The molecule has 1 aliphatic heterocycles. The van der Waals surface area contributed by atoms with Crippen LogP contribution in [0.2, 0.25) is 0 Å². The lowest BCUT2D eigenvalue weighted by Gasteiger charge is -2.42. The van der Waals surface area contributed by atoms with E-state index in [4.69, 9.17) is 10.5 Å². The van der Waals surface area contributed by atoms with Crippen LogP contribution >= 0.6 is 0 Å². The molecule has 21 heavy (non-hydrogen) atoms. The minimum absolute atomic E-state index is 0.120. The Balaban J connectivity index is 2.04. The SMILES string of the molecule is CC(C)(C)OC(=O)N1CCC(CCN)CC1C1CCCC1. The summed E-state index contributed by atoms with van der Waals surface area (Å²) in [4.78, 5) is 14.5. The molecule has 0 aromatic heterocycles. The third-order valence-electron chi connectivity index (χ3n) is 4.90. The van der Waals surface area contributed by atoms with Crippen molar-refractivity contribution in [3.8, 4) is 0 Å². The smallest absolute Gasteiger partial charge is 0.410 e. The van der Waals surface area contributed by atoms with Gasteiger partial charge in [-0.15, -0.1) is 0 Å². The lowest BCUT2D eigenvalue weighted by molar-refractivity contribution is -0.00514. The fraction of sp³-hybridized carbons (Fsp3) is 0.941. The number of nitrogens with two attached hydrogens (primary N) is 1. The first-order chi connectivity index (χ1) is 9.90. The topological polar surface area (TPSA) is 55.6 Å². The van der Waals surface area contributed by atoms with Crippen LogP contribution in [0.5, 0.6) is 0 Å². The van der Waals surface area contributed by atoms with E-state index in [0.29, 0.717) is 17.9 Å². The summed E-state index contributed by atoms with van der Waals surface area (Å²) in [5, 5.41) is 0. The van der Waals surface area contributed by atoms with Crippen molar-refractivity contribution in [2.24, 2.45) is 17.6 Å². The van der Waals surface area contributed by atoms with Gasteiger partial charge in [-0.25, -0.2) is 4.79 Å². The largest absolute Gasteiger partial charge is 0.444 e. The highest BCUT2D eigenvalue weighted by molar-refractivity contribution is 5.68. The highest BCUT2D eigenvalue weighted by atomic mass is 16.6. The van der Waals surface area contributed by atoms with Crippen LogP contribution in [0.25, 0.3) is 0 Å². The van der Waals surface area contributed by atoms with Gasteiger partial charge in [0.15, 0.2) is 0 Å². The van der Waals surface area contributed by atoms with Crippen molar-refractivity contribution in [1.82, 2.24) is 4.90 Å². The fourth-order valence-corrected chi connectivity index (χ4v) is 3.91. The van der Waals surface area contributed by atoms with Gasteiger partial charge in [-0.3, -0.25) is 0 Å². The Labute approximate surface area is 129 Å². The molecule has 0 aromatic rings. The normalized spacial score (nSPS) is 27.9. The van der Waals surface area contributed by atoms with E-state index in [1.54, 1.807) is 0 Å². The summed E-state index contributed by atoms with van der Waals surface area (Å²) >= 11 is 0. The number of carbonyl (C=O) groups excluding carboxylic acids is 1. The molecule has 0 radical (unpaired) electrons. The van der Waals surface area contributed by atoms with Crippen molar-refractivity contribution in [3.63, 3.8) is 0 Å². The summed E-state index contributed by atoms with van der Waals surface area (Å²) in [5.74, 6) is 1.34. The predicted octanol–water partition coefficient (Wildman–Crippen LogP) is 3.54. The highest BCUT2D eigenvalue weighted by Crippen LogP contribution is 2.37. The van der Waals surface area contributed by atoms with Crippen molar-refractivity contribution in [2.75, 3.05) is 13.1 Å². The van der Waals surface area contributed by atoms with Gasteiger partial charge >= 0.3 is 6.09 Å². The maximum Gasteiger partial charge on any atom is 0.410 e. The van der Waals surface area contributed by atoms with E-state index in [1.165, 1.54) is 25.7 Å². The highest BCUT2D eigenvalue weighted by Gasteiger charge is 2.38. The second-order valence-electron chi connectivity index (χ2n) is 7.75. The lowest BCUT2D eigenvalue weighted by Crippen LogP contribution is -2.51. The number of carbonyl (C=O) groups is 1. The molecule has 2 N–H and O–H groups in total. The van der Waals surface area contributed by atoms with Crippen LogP contribution in [0.3, 0.4) is 0 Å². The molecule has 2 fully saturated rings. The van der Waals surface area contributed by atoms with Crippen LogP contribution in [-0.4, -0.2) is 35.7 Å². The molecule has 2 rings (SSSR count). The second-order valence-corrected chi connectivity index (χ2v) is 7.75. The Hall–Kier alpha value is -0.770. The molecule has 4 nitrogen and oxygen atoms in total. The van der Waals surface area contributed by atoms with Crippen LogP contribution in [0.4, 0.5) is 4.79 Å². The zero-order chi connectivity index (χ0) is 15.5. The molecule has 2 aliphatic rings. The first-order valence-corrected chi connectivity index (χ1v) is 8.60. The Bertz CT molecular complexity index is 345. The first kappa shape index (κ1) is 16.6. The van der Waals surface area contributed by atoms with E-state index >= 15 is 0 Å². The average molecular weight is 296 g/mol. The summed E-state index contributed by atoms with van der Waals surface area (Å²) < 4.78 is 5.62. The summed E-state index contributed by atoms with van der Waals surface area (Å²) in [7, 11) is 0. The van der Waals surface area contributed by atoms with Gasteiger partial charge in [0.1, 0.15) is 5.60 Å². The zero-order valence-corrected chi connectivity index (χ0v) is 13.9. The third-order valence-corrected chi connectivity index (χ3v) is 4.90. The first-order valence-electron chi connectivity index (χ1n) is 8.60. The Morgan fingerprint density at radius 1 is 1.24 bits per heavy atom. The number of hydrogen-bond acceptors (Lipinski definition) is 3.